The van der Waals surface area contributed by atoms with Crippen LogP contribution in [0.1, 0.15) is 207 Å². The molecule has 5 nitrogen and oxygen atoms in total. The summed E-state index contributed by atoms with van der Waals surface area (Å²) in [7, 11) is 0. The fourth-order valence-corrected chi connectivity index (χ4v) is 6.25. The van der Waals surface area contributed by atoms with E-state index in [2.05, 4.69) is 60.6 Å². The van der Waals surface area contributed by atoms with Gasteiger partial charge in [0, 0.05) is 39.0 Å². The van der Waals surface area contributed by atoms with Gasteiger partial charge >= 0.3 is 0 Å². The summed E-state index contributed by atoms with van der Waals surface area (Å²) in [6, 6.07) is 0. The lowest BCUT2D eigenvalue weighted by Crippen LogP contribution is -2.39. The monoisotopic (exact) mass is 674 g/mol. The van der Waals surface area contributed by atoms with Crippen molar-refractivity contribution < 1.29 is 9.59 Å². The van der Waals surface area contributed by atoms with Crippen LogP contribution in [-0.4, -0.2) is 49.4 Å². The van der Waals surface area contributed by atoms with Crippen LogP contribution in [0, 0.1) is 0 Å². The molecule has 0 unspecified atom stereocenters. The Morgan fingerprint density at radius 3 is 1.04 bits per heavy atom. The lowest BCUT2D eigenvalue weighted by molar-refractivity contribution is -0.121. The maximum Gasteiger partial charge on any atom is 0.220 e. The molecule has 0 aromatic carbocycles. The molecule has 0 saturated heterocycles. The Hall–Kier alpha value is -1.62. The van der Waals surface area contributed by atoms with E-state index in [1.807, 2.05) is 0 Å². The molecule has 0 saturated carbocycles. The molecule has 0 spiro atoms. The van der Waals surface area contributed by atoms with E-state index in [-0.39, 0.29) is 11.8 Å². The molecular formula is C43H83N3O2. The highest BCUT2D eigenvalue weighted by Crippen LogP contribution is 2.11. The third-order valence-corrected chi connectivity index (χ3v) is 9.37. The molecule has 0 aliphatic heterocycles. The van der Waals surface area contributed by atoms with Crippen LogP contribution >= 0.6 is 0 Å². The van der Waals surface area contributed by atoms with Crippen LogP contribution in [0.4, 0.5) is 0 Å². The first kappa shape index (κ1) is 46.4. The Kier molecular flexibility index (Phi) is 38.5. The summed E-state index contributed by atoms with van der Waals surface area (Å²) in [5.74, 6) is 0.356. The normalized spacial score (nSPS) is 11.8. The zero-order valence-electron chi connectivity index (χ0n) is 32.6. The van der Waals surface area contributed by atoms with Gasteiger partial charge < -0.3 is 10.6 Å². The fraction of sp³-hybridized carbons (Fsp3) is 0.860. The molecule has 2 N–H and O–H groups in total. The lowest BCUT2D eigenvalue weighted by atomic mass is 10.1. The average molecular weight is 674 g/mol. The van der Waals surface area contributed by atoms with Crippen LogP contribution < -0.4 is 10.6 Å². The third-order valence-electron chi connectivity index (χ3n) is 9.37. The third kappa shape index (κ3) is 37.2. The number of unbranched alkanes of at least 4 members (excludes halogenated alkanes) is 22. The molecule has 0 aromatic heterocycles. The molecule has 0 atom stereocenters. The van der Waals surface area contributed by atoms with E-state index in [0.29, 0.717) is 25.9 Å². The summed E-state index contributed by atoms with van der Waals surface area (Å²) in [5, 5.41) is 6.22. The van der Waals surface area contributed by atoms with Gasteiger partial charge in [-0.15, -0.1) is 0 Å². The second-order valence-electron chi connectivity index (χ2n) is 14.2. The van der Waals surface area contributed by atoms with Gasteiger partial charge in [0.15, 0.2) is 0 Å². The van der Waals surface area contributed by atoms with Crippen LogP contribution in [-0.2, 0) is 9.59 Å². The van der Waals surface area contributed by atoms with Crippen molar-refractivity contribution >= 4 is 11.8 Å². The van der Waals surface area contributed by atoms with Gasteiger partial charge in [0.2, 0.25) is 11.8 Å². The van der Waals surface area contributed by atoms with Gasteiger partial charge in [-0.2, -0.15) is 0 Å². The predicted molar refractivity (Wildman–Crippen MR) is 212 cm³/mol. The number of rotatable bonds is 38. The molecule has 0 fully saturated rings. The maximum absolute atomic E-state index is 12.3. The van der Waals surface area contributed by atoms with Gasteiger partial charge in [0.1, 0.15) is 0 Å². The minimum Gasteiger partial charge on any atom is -0.355 e. The number of nitrogens with zero attached hydrogens (tertiary/aromatic N) is 1. The van der Waals surface area contributed by atoms with E-state index in [1.165, 1.54) is 141 Å². The van der Waals surface area contributed by atoms with E-state index in [9.17, 15) is 9.59 Å². The Morgan fingerprint density at radius 2 is 0.708 bits per heavy atom. The zero-order valence-corrected chi connectivity index (χ0v) is 32.6. The van der Waals surface area contributed by atoms with E-state index >= 15 is 0 Å². The number of carbonyl (C=O) groups is 2. The van der Waals surface area contributed by atoms with E-state index in [1.54, 1.807) is 0 Å². The number of carbonyl (C=O) groups excluding carboxylic acids is 2. The number of nitrogens with one attached hydrogen (secondary N) is 2. The number of allylic oxidation sites excluding steroid dienone is 4. The molecule has 0 radical (unpaired) electrons. The number of hydrogen-bond acceptors (Lipinski definition) is 3. The van der Waals surface area contributed by atoms with Crippen molar-refractivity contribution in [1.29, 1.82) is 0 Å². The van der Waals surface area contributed by atoms with Crippen LogP contribution in [0.15, 0.2) is 24.3 Å². The number of amides is 2. The molecule has 0 bridgehead atoms. The Morgan fingerprint density at radius 1 is 0.396 bits per heavy atom. The second-order valence-corrected chi connectivity index (χ2v) is 14.2. The van der Waals surface area contributed by atoms with E-state index in [4.69, 9.17) is 0 Å². The molecule has 48 heavy (non-hydrogen) atoms. The summed E-state index contributed by atoms with van der Waals surface area (Å²) >= 11 is 0. The van der Waals surface area contributed by atoms with Crippen molar-refractivity contribution in [2.75, 3.05) is 32.7 Å². The van der Waals surface area contributed by atoms with E-state index < -0.39 is 0 Å². The molecule has 0 aliphatic carbocycles. The Labute approximate surface area is 300 Å². The first-order valence-corrected chi connectivity index (χ1v) is 21.2. The van der Waals surface area contributed by atoms with E-state index in [0.717, 1.165) is 51.7 Å². The van der Waals surface area contributed by atoms with Crippen molar-refractivity contribution in [2.24, 2.45) is 0 Å². The lowest BCUT2D eigenvalue weighted by Gasteiger charge is -2.22. The van der Waals surface area contributed by atoms with Crippen molar-refractivity contribution in [3.8, 4) is 0 Å². The molecule has 5 heteroatoms. The van der Waals surface area contributed by atoms with Crippen molar-refractivity contribution in [1.82, 2.24) is 15.5 Å². The predicted octanol–water partition coefficient (Wildman–Crippen LogP) is 12.0. The fourth-order valence-electron chi connectivity index (χ4n) is 6.25. The Bertz CT molecular complexity index is 678. The van der Waals surface area contributed by atoms with Crippen LogP contribution in [0.2, 0.25) is 0 Å². The quantitative estimate of drug-likeness (QED) is 0.0506. The standard InChI is InChI=1S/C43H83N3O2/c1-4-7-9-11-13-15-17-19-21-23-25-27-29-31-33-35-42(47)44-37-40-46(39-6-3)41-38-45-43(48)36-34-32-30-28-26-24-22-20-18-16-14-12-10-8-5-2/h19-22H,4-18,23-41H2,1-3H3,(H,44,47)(H,45,48)/b21-19-,22-20-. The van der Waals surface area contributed by atoms with Gasteiger partial charge in [0.25, 0.3) is 0 Å². The molecular weight excluding hydrogens is 590 g/mol. The van der Waals surface area contributed by atoms with Crippen LogP contribution in [0.5, 0.6) is 0 Å². The molecule has 0 aliphatic rings. The largest absolute Gasteiger partial charge is 0.355 e. The highest BCUT2D eigenvalue weighted by atomic mass is 16.2. The highest BCUT2D eigenvalue weighted by Gasteiger charge is 2.07. The van der Waals surface area contributed by atoms with Gasteiger partial charge in [0.05, 0.1) is 0 Å². The van der Waals surface area contributed by atoms with Gasteiger partial charge in [-0.25, -0.2) is 0 Å². The molecule has 0 aromatic rings. The van der Waals surface area contributed by atoms with Crippen molar-refractivity contribution in [3.05, 3.63) is 24.3 Å². The van der Waals surface area contributed by atoms with Crippen LogP contribution in [0.25, 0.3) is 0 Å². The first-order valence-electron chi connectivity index (χ1n) is 21.2. The summed E-state index contributed by atoms with van der Waals surface area (Å²) in [6.07, 6.45) is 45.0. The van der Waals surface area contributed by atoms with Gasteiger partial charge in [-0.3, -0.25) is 14.5 Å². The molecule has 0 heterocycles. The highest BCUT2D eigenvalue weighted by molar-refractivity contribution is 5.76. The minimum atomic E-state index is 0.178. The SMILES string of the molecule is CCCCCCCC/C=C\CCCCCCCC(=O)NCCN(CCC)CCNC(=O)CCCCCCC/C=C\CCCCCCCC. The second kappa shape index (κ2) is 39.8. The maximum atomic E-state index is 12.3. The summed E-state index contributed by atoms with van der Waals surface area (Å²) in [4.78, 5) is 27.0. The summed E-state index contributed by atoms with van der Waals surface area (Å²) in [6.45, 7) is 10.8. The number of hydrogen-bond donors (Lipinski definition) is 2. The summed E-state index contributed by atoms with van der Waals surface area (Å²) < 4.78 is 0. The first-order chi connectivity index (χ1) is 23.6. The molecule has 2 amide bonds. The van der Waals surface area contributed by atoms with Crippen molar-refractivity contribution in [2.45, 2.75) is 207 Å². The smallest absolute Gasteiger partial charge is 0.220 e. The Balaban J connectivity index is 3.63. The van der Waals surface area contributed by atoms with Crippen molar-refractivity contribution in [3.63, 3.8) is 0 Å². The molecule has 0 rings (SSSR count). The van der Waals surface area contributed by atoms with Gasteiger partial charge in [-0.05, 0) is 77.2 Å². The van der Waals surface area contributed by atoms with Gasteiger partial charge in [-0.1, -0.05) is 148 Å². The van der Waals surface area contributed by atoms with Crippen LogP contribution in [0.3, 0.4) is 0 Å². The summed E-state index contributed by atoms with van der Waals surface area (Å²) in [5.41, 5.74) is 0. The topological polar surface area (TPSA) is 61.4 Å². The average Bonchev–Trinajstić information content (AvgIpc) is 3.08. The zero-order chi connectivity index (χ0) is 35.0. The minimum absolute atomic E-state index is 0.178. The molecule has 282 valence electrons.